The standard InChI is InChI=1S/C12H21NS.C7H14S/c1-6-10(5)12(11(14)7-2)13-8-9(3)4;1-2-7-4-3-5-8-6-7/h8,10H,6-7H2,1-5H3;7H,2-6H2,1H3. The molecule has 128 valence electrons. The smallest absolute Gasteiger partial charge is 0.0570 e. The predicted molar refractivity (Wildman–Crippen MR) is 110 cm³/mol. The second-order valence-electron chi connectivity index (χ2n) is 6.30. The van der Waals surface area contributed by atoms with Crippen molar-refractivity contribution in [2.45, 2.75) is 73.6 Å². The first-order valence-corrected chi connectivity index (χ1v) is 10.3. The minimum Gasteiger partial charge on any atom is -0.260 e. The Hall–Kier alpha value is -0.150. The highest BCUT2D eigenvalue weighted by Gasteiger charge is 2.11. The average molecular weight is 342 g/mol. The number of aliphatic imine (C=N–C) groups is 1. The van der Waals surface area contributed by atoms with Crippen LogP contribution in [-0.4, -0.2) is 22.1 Å². The van der Waals surface area contributed by atoms with Crippen LogP contribution in [0.25, 0.3) is 0 Å². The second kappa shape index (κ2) is 13.3. The van der Waals surface area contributed by atoms with Gasteiger partial charge >= 0.3 is 0 Å². The van der Waals surface area contributed by atoms with Crippen LogP contribution in [0.3, 0.4) is 0 Å². The van der Waals surface area contributed by atoms with Gasteiger partial charge in [0.25, 0.3) is 0 Å². The van der Waals surface area contributed by atoms with Crippen LogP contribution in [0, 0.1) is 11.8 Å². The molecule has 1 nitrogen and oxygen atoms in total. The Morgan fingerprint density at radius 3 is 2.36 bits per heavy atom. The Balaban J connectivity index is 0.000000461. The summed E-state index contributed by atoms with van der Waals surface area (Å²) >= 11 is 7.44. The van der Waals surface area contributed by atoms with Gasteiger partial charge in [-0.1, -0.05) is 51.9 Å². The third-order valence-electron chi connectivity index (χ3n) is 3.98. The van der Waals surface area contributed by atoms with E-state index in [0.717, 1.165) is 29.3 Å². The van der Waals surface area contributed by atoms with Crippen LogP contribution in [0.15, 0.2) is 16.8 Å². The van der Waals surface area contributed by atoms with Crippen molar-refractivity contribution in [3.63, 3.8) is 0 Å². The molecule has 0 aliphatic carbocycles. The molecule has 0 aromatic heterocycles. The van der Waals surface area contributed by atoms with Crippen molar-refractivity contribution >= 4 is 34.6 Å². The van der Waals surface area contributed by atoms with Gasteiger partial charge in [0.2, 0.25) is 0 Å². The second-order valence-corrected chi connectivity index (χ2v) is 7.94. The molecule has 0 saturated carbocycles. The first-order valence-electron chi connectivity index (χ1n) is 8.78. The summed E-state index contributed by atoms with van der Waals surface area (Å²) in [4.78, 5) is 5.48. The molecule has 1 heterocycles. The van der Waals surface area contributed by atoms with Crippen LogP contribution in [-0.2, 0) is 0 Å². The van der Waals surface area contributed by atoms with Crippen LogP contribution < -0.4 is 0 Å². The highest BCUT2D eigenvalue weighted by molar-refractivity contribution is 7.99. The van der Waals surface area contributed by atoms with Gasteiger partial charge in [-0.15, -0.1) is 0 Å². The molecule has 22 heavy (non-hydrogen) atoms. The van der Waals surface area contributed by atoms with Crippen molar-refractivity contribution in [1.82, 2.24) is 0 Å². The molecule has 2 unspecified atom stereocenters. The first-order chi connectivity index (χ1) is 10.5. The maximum atomic E-state index is 5.31. The fourth-order valence-corrected chi connectivity index (χ4v) is 3.70. The van der Waals surface area contributed by atoms with Gasteiger partial charge in [0.1, 0.15) is 0 Å². The third kappa shape index (κ3) is 9.78. The molecule has 1 saturated heterocycles. The van der Waals surface area contributed by atoms with Gasteiger partial charge in [-0.3, -0.25) is 4.99 Å². The molecule has 1 rings (SSSR count). The number of thioether (sulfide) groups is 1. The summed E-state index contributed by atoms with van der Waals surface area (Å²) in [6, 6.07) is 0. The van der Waals surface area contributed by atoms with E-state index in [0.29, 0.717) is 5.92 Å². The van der Waals surface area contributed by atoms with Crippen molar-refractivity contribution < 1.29 is 0 Å². The van der Waals surface area contributed by atoms with E-state index in [2.05, 4.69) is 44.4 Å². The molecule has 0 N–H and O–H groups in total. The van der Waals surface area contributed by atoms with Crippen LogP contribution >= 0.6 is 24.0 Å². The summed E-state index contributed by atoms with van der Waals surface area (Å²) in [6.07, 6.45) is 8.26. The predicted octanol–water partition coefficient (Wildman–Crippen LogP) is 6.72. The molecule has 0 radical (unpaired) electrons. The zero-order valence-electron chi connectivity index (χ0n) is 15.4. The van der Waals surface area contributed by atoms with Gasteiger partial charge in [0, 0.05) is 11.1 Å². The van der Waals surface area contributed by atoms with Gasteiger partial charge in [-0.25, -0.2) is 0 Å². The quantitative estimate of drug-likeness (QED) is 0.393. The van der Waals surface area contributed by atoms with Crippen LogP contribution in [0.4, 0.5) is 0 Å². The highest BCUT2D eigenvalue weighted by atomic mass is 32.2. The Bertz CT molecular complexity index is 362. The molecule has 0 spiro atoms. The molecule has 2 atom stereocenters. The van der Waals surface area contributed by atoms with Crippen molar-refractivity contribution in [3.05, 3.63) is 11.8 Å². The molecule has 1 aliphatic heterocycles. The van der Waals surface area contributed by atoms with E-state index in [1.165, 1.54) is 36.3 Å². The lowest BCUT2D eigenvalue weighted by atomic mass is 9.99. The number of nitrogens with zero attached hydrogens (tertiary/aromatic N) is 1. The normalized spacial score (nSPS) is 19.7. The summed E-state index contributed by atoms with van der Waals surface area (Å²) in [5, 5.41) is 0. The van der Waals surface area contributed by atoms with Crippen LogP contribution in [0.1, 0.15) is 73.6 Å². The number of allylic oxidation sites excluding steroid dienone is 1. The number of hydrogen-bond acceptors (Lipinski definition) is 3. The maximum Gasteiger partial charge on any atom is 0.0570 e. The monoisotopic (exact) mass is 341 g/mol. The molecule has 1 aliphatic rings. The summed E-state index contributed by atoms with van der Waals surface area (Å²) in [5.74, 6) is 4.36. The SMILES string of the molecule is CCC(=S)C(=NC=C(C)C)C(C)CC.CCC1CCCSC1. The Morgan fingerprint density at radius 1 is 1.32 bits per heavy atom. The van der Waals surface area contributed by atoms with Crippen molar-refractivity contribution in [2.75, 3.05) is 11.5 Å². The number of thiocarbonyl (C=S) groups is 1. The fraction of sp³-hybridized carbons (Fsp3) is 0.789. The van der Waals surface area contributed by atoms with Crippen molar-refractivity contribution in [2.24, 2.45) is 16.8 Å². The van der Waals surface area contributed by atoms with Gasteiger partial charge in [-0.05, 0) is 62.9 Å². The van der Waals surface area contributed by atoms with E-state index in [1.54, 1.807) is 0 Å². The summed E-state index contributed by atoms with van der Waals surface area (Å²) < 4.78 is 0. The molecule has 0 aromatic carbocycles. The molecule has 1 fully saturated rings. The number of rotatable bonds is 6. The molecule has 3 heteroatoms. The fourth-order valence-electron chi connectivity index (χ4n) is 2.18. The van der Waals surface area contributed by atoms with Crippen LogP contribution in [0.5, 0.6) is 0 Å². The van der Waals surface area contributed by atoms with Gasteiger partial charge in [0.05, 0.1) is 5.71 Å². The highest BCUT2D eigenvalue weighted by Crippen LogP contribution is 2.24. The van der Waals surface area contributed by atoms with Gasteiger partial charge < -0.3 is 0 Å². The Kier molecular flexibility index (Phi) is 13.2. The van der Waals surface area contributed by atoms with E-state index < -0.39 is 0 Å². The lowest BCUT2D eigenvalue weighted by Gasteiger charge is -2.18. The summed E-state index contributed by atoms with van der Waals surface area (Å²) in [6.45, 7) is 12.8. The van der Waals surface area contributed by atoms with Gasteiger partial charge in [0.15, 0.2) is 0 Å². The van der Waals surface area contributed by atoms with Crippen molar-refractivity contribution in [3.8, 4) is 0 Å². The Morgan fingerprint density at radius 2 is 2.00 bits per heavy atom. The molecular formula is C19H35NS2. The number of hydrogen-bond donors (Lipinski definition) is 0. The Labute approximate surface area is 148 Å². The van der Waals surface area contributed by atoms with E-state index in [9.17, 15) is 0 Å². The lowest BCUT2D eigenvalue weighted by Crippen LogP contribution is -2.19. The minimum absolute atomic E-state index is 0.470. The maximum absolute atomic E-state index is 5.31. The van der Waals surface area contributed by atoms with Crippen molar-refractivity contribution in [1.29, 1.82) is 0 Å². The largest absolute Gasteiger partial charge is 0.260 e. The topological polar surface area (TPSA) is 12.4 Å². The summed E-state index contributed by atoms with van der Waals surface area (Å²) in [7, 11) is 0. The molecule has 0 aromatic rings. The minimum atomic E-state index is 0.470. The molecule has 0 amide bonds. The molecular weight excluding hydrogens is 306 g/mol. The third-order valence-corrected chi connectivity index (χ3v) is 5.76. The zero-order valence-corrected chi connectivity index (χ0v) is 17.1. The lowest BCUT2D eigenvalue weighted by molar-refractivity contribution is 0.508. The van der Waals surface area contributed by atoms with E-state index in [1.807, 2.05) is 20.0 Å². The van der Waals surface area contributed by atoms with E-state index >= 15 is 0 Å². The zero-order chi connectivity index (χ0) is 17.0. The van der Waals surface area contributed by atoms with Crippen LogP contribution in [0.2, 0.25) is 0 Å². The van der Waals surface area contributed by atoms with Gasteiger partial charge in [-0.2, -0.15) is 11.8 Å². The summed E-state index contributed by atoms with van der Waals surface area (Å²) in [5.41, 5.74) is 2.30. The molecule has 0 bridgehead atoms. The average Bonchev–Trinajstić information content (AvgIpc) is 2.55. The van der Waals surface area contributed by atoms with E-state index in [4.69, 9.17) is 12.2 Å². The first kappa shape index (κ1) is 21.9. The van der Waals surface area contributed by atoms with E-state index in [-0.39, 0.29) is 0 Å².